The van der Waals surface area contributed by atoms with Gasteiger partial charge in [-0.15, -0.1) is 0 Å². The second kappa shape index (κ2) is 10.1. The fraction of sp³-hybridized carbons (Fsp3) is 0.545. The quantitative estimate of drug-likeness (QED) is 0.642. The standard InChI is InChI=1S/C22H31N3O3S/c1-4-27-18-7-8-20-16(11-18)10-17(21(26)24-20)13-25(14-19-6-5-9-28-19)22(29)23-12-15(2)3/h7-8,10-11,15,19H,4-6,9,12-14H2,1-3H3,(H,23,29)(H,24,26). The van der Waals surface area contributed by atoms with Crippen LogP contribution < -0.4 is 15.6 Å². The fourth-order valence-electron chi connectivity index (χ4n) is 3.47. The van der Waals surface area contributed by atoms with Crippen LogP contribution >= 0.6 is 12.2 Å². The molecule has 158 valence electrons. The van der Waals surface area contributed by atoms with E-state index in [-0.39, 0.29) is 11.7 Å². The number of benzene rings is 1. The number of hydrogen-bond acceptors (Lipinski definition) is 4. The van der Waals surface area contributed by atoms with Crippen molar-refractivity contribution in [1.29, 1.82) is 0 Å². The number of nitrogens with zero attached hydrogens (tertiary/aromatic N) is 1. The van der Waals surface area contributed by atoms with Gasteiger partial charge in [-0.05, 0) is 62.2 Å². The van der Waals surface area contributed by atoms with Crippen LogP contribution in [0.4, 0.5) is 0 Å². The average Bonchev–Trinajstić information content (AvgIpc) is 3.19. The lowest BCUT2D eigenvalue weighted by atomic mass is 10.1. The van der Waals surface area contributed by atoms with E-state index in [9.17, 15) is 4.79 Å². The minimum Gasteiger partial charge on any atom is -0.494 e. The summed E-state index contributed by atoms with van der Waals surface area (Å²) in [5.41, 5.74) is 1.39. The molecule has 2 aromatic rings. The summed E-state index contributed by atoms with van der Waals surface area (Å²) in [5.74, 6) is 1.28. The molecule has 1 unspecified atom stereocenters. The molecule has 0 bridgehead atoms. The largest absolute Gasteiger partial charge is 0.494 e. The minimum atomic E-state index is -0.0920. The first-order valence-electron chi connectivity index (χ1n) is 10.4. The van der Waals surface area contributed by atoms with Gasteiger partial charge in [0.1, 0.15) is 5.75 Å². The molecule has 0 saturated carbocycles. The Balaban J connectivity index is 1.84. The van der Waals surface area contributed by atoms with Crippen molar-refractivity contribution in [2.75, 3.05) is 26.3 Å². The monoisotopic (exact) mass is 417 g/mol. The van der Waals surface area contributed by atoms with Gasteiger partial charge in [0.15, 0.2) is 5.11 Å². The Kier molecular flexibility index (Phi) is 7.50. The zero-order chi connectivity index (χ0) is 20.8. The van der Waals surface area contributed by atoms with Crippen molar-refractivity contribution < 1.29 is 9.47 Å². The minimum absolute atomic E-state index is 0.0920. The van der Waals surface area contributed by atoms with Crippen LogP contribution in [-0.4, -0.2) is 47.4 Å². The van der Waals surface area contributed by atoms with Gasteiger partial charge in [0.25, 0.3) is 5.56 Å². The summed E-state index contributed by atoms with van der Waals surface area (Å²) in [6, 6.07) is 7.64. The molecular weight excluding hydrogens is 386 g/mol. The summed E-state index contributed by atoms with van der Waals surface area (Å²) in [4.78, 5) is 17.7. The summed E-state index contributed by atoms with van der Waals surface area (Å²) < 4.78 is 11.4. The number of fused-ring (bicyclic) bond motifs is 1. The van der Waals surface area contributed by atoms with E-state index in [0.29, 0.717) is 36.3 Å². The topological polar surface area (TPSA) is 66.6 Å². The normalized spacial score (nSPS) is 16.3. The molecule has 2 N–H and O–H groups in total. The number of ether oxygens (including phenoxy) is 2. The first-order valence-corrected chi connectivity index (χ1v) is 10.8. The zero-order valence-corrected chi connectivity index (χ0v) is 18.3. The van der Waals surface area contributed by atoms with E-state index >= 15 is 0 Å². The Morgan fingerprint density at radius 2 is 2.24 bits per heavy atom. The van der Waals surface area contributed by atoms with Crippen molar-refractivity contribution in [3.8, 4) is 5.75 Å². The van der Waals surface area contributed by atoms with Crippen molar-refractivity contribution in [3.63, 3.8) is 0 Å². The van der Waals surface area contributed by atoms with Crippen LogP contribution in [0, 0.1) is 5.92 Å². The molecule has 0 spiro atoms. The van der Waals surface area contributed by atoms with Crippen molar-refractivity contribution in [2.45, 2.75) is 46.3 Å². The smallest absolute Gasteiger partial charge is 0.253 e. The molecule has 1 aromatic heterocycles. The van der Waals surface area contributed by atoms with Crippen molar-refractivity contribution in [2.24, 2.45) is 5.92 Å². The molecule has 7 heteroatoms. The van der Waals surface area contributed by atoms with Gasteiger partial charge in [-0.1, -0.05) is 13.8 Å². The molecule has 0 radical (unpaired) electrons. The van der Waals surface area contributed by atoms with E-state index in [1.807, 2.05) is 31.2 Å². The second-order valence-electron chi connectivity index (χ2n) is 7.90. The van der Waals surface area contributed by atoms with Crippen LogP contribution in [0.15, 0.2) is 29.1 Å². The number of hydrogen-bond donors (Lipinski definition) is 2. The van der Waals surface area contributed by atoms with Gasteiger partial charge < -0.3 is 24.7 Å². The maximum Gasteiger partial charge on any atom is 0.253 e. The van der Waals surface area contributed by atoms with Crippen LogP contribution in [0.2, 0.25) is 0 Å². The Hall–Kier alpha value is -2.12. The van der Waals surface area contributed by atoms with E-state index < -0.39 is 0 Å². The summed E-state index contributed by atoms with van der Waals surface area (Å²) in [7, 11) is 0. The highest BCUT2D eigenvalue weighted by Gasteiger charge is 2.22. The van der Waals surface area contributed by atoms with E-state index in [0.717, 1.165) is 42.6 Å². The number of H-pyrrole nitrogens is 1. The number of nitrogens with one attached hydrogen (secondary N) is 2. The molecule has 2 heterocycles. The van der Waals surface area contributed by atoms with Gasteiger partial charge >= 0.3 is 0 Å². The van der Waals surface area contributed by atoms with Crippen molar-refractivity contribution >= 4 is 28.2 Å². The van der Waals surface area contributed by atoms with E-state index in [4.69, 9.17) is 21.7 Å². The summed E-state index contributed by atoms with van der Waals surface area (Å²) >= 11 is 5.65. The maximum atomic E-state index is 12.7. The van der Waals surface area contributed by atoms with Gasteiger partial charge in [-0.3, -0.25) is 4.79 Å². The van der Waals surface area contributed by atoms with E-state index in [1.165, 1.54) is 0 Å². The third kappa shape index (κ3) is 5.93. The lowest BCUT2D eigenvalue weighted by Crippen LogP contribution is -2.44. The number of thiocarbonyl (C=S) groups is 1. The van der Waals surface area contributed by atoms with Gasteiger partial charge in [0.05, 0.1) is 19.3 Å². The average molecular weight is 418 g/mol. The predicted molar refractivity (Wildman–Crippen MR) is 121 cm³/mol. The predicted octanol–water partition coefficient (Wildman–Crippen LogP) is 3.44. The van der Waals surface area contributed by atoms with Crippen molar-refractivity contribution in [3.05, 3.63) is 40.2 Å². The second-order valence-corrected chi connectivity index (χ2v) is 8.29. The maximum absolute atomic E-state index is 12.7. The zero-order valence-electron chi connectivity index (χ0n) is 17.5. The number of aromatic nitrogens is 1. The molecule has 29 heavy (non-hydrogen) atoms. The first kappa shape index (κ1) is 21.6. The van der Waals surface area contributed by atoms with Gasteiger partial charge in [-0.2, -0.15) is 0 Å². The van der Waals surface area contributed by atoms with Crippen LogP contribution in [0.25, 0.3) is 10.9 Å². The number of pyridine rings is 1. The molecule has 1 atom stereocenters. The van der Waals surface area contributed by atoms with Crippen LogP contribution in [0.1, 0.15) is 39.2 Å². The molecule has 1 aliphatic rings. The Morgan fingerprint density at radius 1 is 1.41 bits per heavy atom. The lowest BCUT2D eigenvalue weighted by Gasteiger charge is -2.28. The fourth-order valence-corrected chi connectivity index (χ4v) is 3.69. The molecule has 6 nitrogen and oxygen atoms in total. The van der Waals surface area contributed by atoms with E-state index in [1.54, 1.807) is 0 Å². The third-order valence-corrected chi connectivity index (χ3v) is 5.36. The highest BCUT2D eigenvalue weighted by Crippen LogP contribution is 2.20. The van der Waals surface area contributed by atoms with Crippen LogP contribution in [0.5, 0.6) is 5.75 Å². The molecule has 1 aliphatic heterocycles. The summed E-state index contributed by atoms with van der Waals surface area (Å²) in [6.45, 7) is 9.56. The Morgan fingerprint density at radius 3 is 2.93 bits per heavy atom. The van der Waals surface area contributed by atoms with Crippen molar-refractivity contribution in [1.82, 2.24) is 15.2 Å². The molecule has 1 aromatic carbocycles. The third-order valence-electron chi connectivity index (χ3n) is 4.96. The van der Waals surface area contributed by atoms with Crippen LogP contribution in [0.3, 0.4) is 0 Å². The Labute approximate surface area is 177 Å². The highest BCUT2D eigenvalue weighted by atomic mass is 32.1. The number of rotatable bonds is 8. The summed E-state index contributed by atoms with van der Waals surface area (Å²) in [6.07, 6.45) is 2.24. The van der Waals surface area contributed by atoms with Gasteiger partial charge in [0, 0.05) is 36.2 Å². The van der Waals surface area contributed by atoms with Crippen LogP contribution in [-0.2, 0) is 11.3 Å². The molecule has 0 amide bonds. The summed E-state index contributed by atoms with van der Waals surface area (Å²) in [5, 5.41) is 4.94. The molecule has 0 aliphatic carbocycles. The highest BCUT2D eigenvalue weighted by molar-refractivity contribution is 7.80. The molecule has 1 saturated heterocycles. The van der Waals surface area contributed by atoms with Gasteiger partial charge in [-0.25, -0.2) is 0 Å². The Bertz CT molecular complexity index is 890. The SMILES string of the molecule is CCOc1ccc2[nH]c(=O)c(CN(CC3CCCO3)C(=S)NCC(C)C)cc2c1. The molecular formula is C22H31N3O3S. The first-order chi connectivity index (χ1) is 14.0. The van der Waals surface area contributed by atoms with Gasteiger partial charge in [0.2, 0.25) is 0 Å². The molecule has 1 fully saturated rings. The lowest BCUT2D eigenvalue weighted by molar-refractivity contribution is 0.0896. The van der Waals surface area contributed by atoms with E-state index in [2.05, 4.69) is 29.0 Å². The number of aromatic amines is 1. The molecule has 3 rings (SSSR count).